The van der Waals surface area contributed by atoms with Crippen molar-refractivity contribution in [3.05, 3.63) is 35.4 Å². The molecule has 1 heterocycles. The number of ether oxygens (including phenoxy) is 1. The lowest BCUT2D eigenvalue weighted by Gasteiger charge is -2.42. The quantitative estimate of drug-likeness (QED) is 0.800. The van der Waals surface area contributed by atoms with Crippen molar-refractivity contribution in [1.29, 1.82) is 0 Å². The predicted octanol–water partition coefficient (Wildman–Crippen LogP) is 3.17. The molecule has 1 unspecified atom stereocenters. The molecule has 0 aromatic heterocycles. The molecule has 3 nitrogen and oxygen atoms in total. The summed E-state index contributed by atoms with van der Waals surface area (Å²) in [5.74, 6) is 0.604. The summed E-state index contributed by atoms with van der Waals surface area (Å²) in [5, 5.41) is 0. The standard InChI is InChI=1S/C17H24ClNO2/c1-13-4-6-14(7-5-13)8-9-16(20)19-11-15(10-18)21-17(2,3)12-19/h4-7,15H,8-12H2,1-3H3. The van der Waals surface area contributed by atoms with Gasteiger partial charge in [-0.05, 0) is 32.8 Å². The lowest BCUT2D eigenvalue weighted by Crippen LogP contribution is -2.55. The predicted molar refractivity (Wildman–Crippen MR) is 85.8 cm³/mol. The zero-order valence-electron chi connectivity index (χ0n) is 13.1. The van der Waals surface area contributed by atoms with Gasteiger partial charge in [0.25, 0.3) is 0 Å². The Morgan fingerprint density at radius 1 is 1.38 bits per heavy atom. The Morgan fingerprint density at radius 2 is 2.05 bits per heavy atom. The van der Waals surface area contributed by atoms with Gasteiger partial charge in [-0.1, -0.05) is 29.8 Å². The fraction of sp³-hybridized carbons (Fsp3) is 0.588. The van der Waals surface area contributed by atoms with Gasteiger partial charge in [-0.2, -0.15) is 0 Å². The van der Waals surface area contributed by atoms with Crippen LogP contribution in [0.3, 0.4) is 0 Å². The van der Waals surface area contributed by atoms with Gasteiger partial charge in [-0.3, -0.25) is 4.79 Å². The van der Waals surface area contributed by atoms with E-state index in [1.165, 1.54) is 11.1 Å². The maximum absolute atomic E-state index is 12.4. The Hall–Kier alpha value is -1.06. The largest absolute Gasteiger partial charge is 0.367 e. The van der Waals surface area contributed by atoms with Crippen molar-refractivity contribution in [3.63, 3.8) is 0 Å². The summed E-state index contributed by atoms with van der Waals surface area (Å²) >= 11 is 5.90. The molecule has 1 aromatic rings. The molecule has 0 saturated carbocycles. The summed E-state index contributed by atoms with van der Waals surface area (Å²) in [7, 11) is 0. The average Bonchev–Trinajstić information content (AvgIpc) is 2.44. The van der Waals surface area contributed by atoms with Crippen LogP contribution in [0, 0.1) is 6.92 Å². The second-order valence-electron chi connectivity index (χ2n) is 6.41. The third-order valence-corrected chi connectivity index (χ3v) is 4.10. The Labute approximate surface area is 132 Å². The third kappa shape index (κ3) is 4.72. The number of alkyl halides is 1. The van der Waals surface area contributed by atoms with Crippen molar-refractivity contribution in [1.82, 2.24) is 4.90 Å². The first-order chi connectivity index (χ1) is 9.89. The smallest absolute Gasteiger partial charge is 0.223 e. The summed E-state index contributed by atoms with van der Waals surface area (Å²) in [6.07, 6.45) is 1.25. The van der Waals surface area contributed by atoms with Gasteiger partial charge in [0.1, 0.15) is 0 Å². The van der Waals surface area contributed by atoms with Crippen molar-refractivity contribution < 1.29 is 9.53 Å². The summed E-state index contributed by atoms with van der Waals surface area (Å²) in [6, 6.07) is 8.35. The molecule has 116 valence electrons. The van der Waals surface area contributed by atoms with Crippen LogP contribution in [0.25, 0.3) is 0 Å². The van der Waals surface area contributed by atoms with E-state index in [0.717, 1.165) is 6.42 Å². The topological polar surface area (TPSA) is 29.5 Å². The number of nitrogens with zero attached hydrogens (tertiary/aromatic N) is 1. The van der Waals surface area contributed by atoms with Gasteiger partial charge in [-0.15, -0.1) is 11.6 Å². The van der Waals surface area contributed by atoms with Crippen LogP contribution in [0.2, 0.25) is 0 Å². The summed E-state index contributed by atoms with van der Waals surface area (Å²) < 4.78 is 5.85. The maximum atomic E-state index is 12.4. The van der Waals surface area contributed by atoms with Crippen LogP contribution < -0.4 is 0 Å². The van der Waals surface area contributed by atoms with Crippen LogP contribution in [0.4, 0.5) is 0 Å². The molecule has 0 spiro atoms. The molecular weight excluding hydrogens is 286 g/mol. The molecule has 0 radical (unpaired) electrons. The van der Waals surface area contributed by atoms with Gasteiger partial charge in [0, 0.05) is 19.5 Å². The van der Waals surface area contributed by atoms with Crippen molar-refractivity contribution in [2.45, 2.75) is 45.3 Å². The van der Waals surface area contributed by atoms with Gasteiger partial charge in [0.15, 0.2) is 0 Å². The van der Waals surface area contributed by atoms with Crippen LogP contribution in [0.15, 0.2) is 24.3 Å². The summed E-state index contributed by atoms with van der Waals surface area (Å²) in [5.41, 5.74) is 2.12. The van der Waals surface area contributed by atoms with Crippen LogP contribution >= 0.6 is 11.6 Å². The van der Waals surface area contributed by atoms with Crippen molar-refractivity contribution >= 4 is 17.5 Å². The number of amides is 1. The minimum absolute atomic E-state index is 0.0706. The molecule has 1 saturated heterocycles. The number of hydrogen-bond donors (Lipinski definition) is 0. The SMILES string of the molecule is Cc1ccc(CCC(=O)N2CC(CCl)OC(C)(C)C2)cc1. The second kappa shape index (κ2) is 6.80. The maximum Gasteiger partial charge on any atom is 0.223 e. The average molecular weight is 310 g/mol. The first kappa shape index (κ1) is 16.3. The van der Waals surface area contributed by atoms with Gasteiger partial charge in [-0.25, -0.2) is 0 Å². The zero-order chi connectivity index (χ0) is 15.5. The molecule has 1 aliphatic rings. The van der Waals surface area contributed by atoms with Crippen molar-refractivity contribution in [2.75, 3.05) is 19.0 Å². The number of hydrogen-bond acceptors (Lipinski definition) is 2. The number of rotatable bonds is 4. The molecule has 1 amide bonds. The van der Waals surface area contributed by atoms with E-state index in [4.69, 9.17) is 16.3 Å². The number of halogens is 1. The third-order valence-electron chi connectivity index (χ3n) is 3.75. The monoisotopic (exact) mass is 309 g/mol. The molecule has 2 rings (SSSR count). The lowest BCUT2D eigenvalue weighted by atomic mass is 10.0. The van der Waals surface area contributed by atoms with Gasteiger partial charge >= 0.3 is 0 Å². The van der Waals surface area contributed by atoms with E-state index in [9.17, 15) is 4.79 Å². The van der Waals surface area contributed by atoms with Gasteiger partial charge in [0.2, 0.25) is 5.91 Å². The molecule has 0 aliphatic carbocycles. The van der Waals surface area contributed by atoms with E-state index >= 15 is 0 Å². The zero-order valence-corrected chi connectivity index (χ0v) is 13.8. The molecule has 0 bridgehead atoms. The van der Waals surface area contributed by atoms with E-state index in [1.807, 2.05) is 18.7 Å². The van der Waals surface area contributed by atoms with Crippen LogP contribution in [-0.4, -0.2) is 41.5 Å². The fourth-order valence-corrected chi connectivity index (χ4v) is 2.89. The summed E-state index contributed by atoms with van der Waals surface area (Å²) in [4.78, 5) is 14.3. The van der Waals surface area contributed by atoms with E-state index in [0.29, 0.717) is 25.4 Å². The highest BCUT2D eigenvalue weighted by Crippen LogP contribution is 2.22. The molecule has 0 N–H and O–H groups in total. The number of aryl methyl sites for hydroxylation is 2. The minimum Gasteiger partial charge on any atom is -0.367 e. The molecule has 21 heavy (non-hydrogen) atoms. The minimum atomic E-state index is -0.322. The number of benzene rings is 1. The van der Waals surface area contributed by atoms with E-state index in [1.54, 1.807) is 0 Å². The van der Waals surface area contributed by atoms with E-state index < -0.39 is 0 Å². The number of morpholine rings is 1. The van der Waals surface area contributed by atoms with E-state index in [2.05, 4.69) is 31.2 Å². The Bertz CT molecular complexity index is 484. The molecule has 1 aliphatic heterocycles. The Morgan fingerprint density at radius 3 is 2.67 bits per heavy atom. The molecular formula is C17H24ClNO2. The van der Waals surface area contributed by atoms with Crippen LogP contribution in [0.5, 0.6) is 0 Å². The number of carbonyl (C=O) groups is 1. The fourth-order valence-electron chi connectivity index (χ4n) is 2.73. The second-order valence-corrected chi connectivity index (χ2v) is 6.72. The lowest BCUT2D eigenvalue weighted by molar-refractivity contribution is -0.157. The van der Waals surface area contributed by atoms with Crippen molar-refractivity contribution in [3.8, 4) is 0 Å². The first-order valence-electron chi connectivity index (χ1n) is 7.47. The van der Waals surface area contributed by atoms with E-state index in [-0.39, 0.29) is 17.6 Å². The normalized spacial score (nSPS) is 21.3. The van der Waals surface area contributed by atoms with Gasteiger partial charge in [0.05, 0.1) is 17.6 Å². The molecule has 1 atom stereocenters. The Kier molecular flexibility index (Phi) is 5.28. The highest BCUT2D eigenvalue weighted by atomic mass is 35.5. The highest BCUT2D eigenvalue weighted by Gasteiger charge is 2.34. The van der Waals surface area contributed by atoms with Crippen molar-refractivity contribution in [2.24, 2.45) is 0 Å². The number of carbonyl (C=O) groups excluding carboxylic acids is 1. The first-order valence-corrected chi connectivity index (χ1v) is 8.00. The van der Waals surface area contributed by atoms with Crippen LogP contribution in [0.1, 0.15) is 31.4 Å². The Balaban J connectivity index is 1.91. The van der Waals surface area contributed by atoms with Gasteiger partial charge < -0.3 is 9.64 Å². The highest BCUT2D eigenvalue weighted by molar-refractivity contribution is 6.18. The van der Waals surface area contributed by atoms with Crippen LogP contribution in [-0.2, 0) is 16.0 Å². The molecule has 1 fully saturated rings. The summed E-state index contributed by atoms with van der Waals surface area (Å²) in [6.45, 7) is 7.31. The molecule has 1 aromatic carbocycles. The molecule has 4 heteroatoms.